The molecular formula is C22H20Cl2N3O+. The van der Waals surface area contributed by atoms with Gasteiger partial charge in [0.25, 0.3) is 0 Å². The maximum Gasteiger partial charge on any atom is 0.356 e. The van der Waals surface area contributed by atoms with Crippen LogP contribution in [0.1, 0.15) is 17.2 Å². The van der Waals surface area contributed by atoms with E-state index in [1.807, 2.05) is 47.0 Å². The number of nitrogens with two attached hydrogens (primary N) is 1. The fraction of sp³-hybridized carbons (Fsp3) is 0.136. The van der Waals surface area contributed by atoms with Crippen LogP contribution in [0.5, 0.6) is 0 Å². The molecule has 1 unspecified atom stereocenters. The Kier molecular flexibility index (Phi) is 5.27. The van der Waals surface area contributed by atoms with Crippen LogP contribution in [-0.4, -0.2) is 9.67 Å². The number of fused-ring (bicyclic) bond motifs is 1. The van der Waals surface area contributed by atoms with E-state index in [2.05, 4.69) is 16.7 Å². The van der Waals surface area contributed by atoms with E-state index in [-0.39, 0.29) is 0 Å². The molecule has 0 aliphatic rings. The molecule has 4 aromatic rings. The highest BCUT2D eigenvalue weighted by Crippen LogP contribution is 2.27. The number of para-hydroxylation sites is 2. The second kappa shape index (κ2) is 7.84. The summed E-state index contributed by atoms with van der Waals surface area (Å²) >= 11 is 12.1. The third-order valence-electron chi connectivity index (χ3n) is 4.88. The van der Waals surface area contributed by atoms with Crippen LogP contribution in [0, 0.1) is 0 Å². The van der Waals surface area contributed by atoms with Crippen LogP contribution in [0.4, 0.5) is 5.95 Å². The monoisotopic (exact) mass is 412 g/mol. The zero-order chi connectivity index (χ0) is 19.7. The van der Waals surface area contributed by atoms with Crippen LogP contribution in [0.2, 0.25) is 10.0 Å². The number of aliphatic hydroxyl groups excluding tert-OH is 1. The number of imidazole rings is 1. The van der Waals surface area contributed by atoms with E-state index >= 15 is 0 Å². The van der Waals surface area contributed by atoms with Crippen molar-refractivity contribution in [2.24, 2.45) is 0 Å². The highest BCUT2D eigenvalue weighted by Gasteiger charge is 2.23. The summed E-state index contributed by atoms with van der Waals surface area (Å²) in [5, 5.41) is 11.7. The topological polar surface area (TPSA) is 55.1 Å². The van der Waals surface area contributed by atoms with Crippen molar-refractivity contribution in [2.75, 3.05) is 5.73 Å². The molecule has 6 heteroatoms. The summed E-state index contributed by atoms with van der Waals surface area (Å²) in [4.78, 5) is 0. The van der Waals surface area contributed by atoms with Crippen molar-refractivity contribution in [3.63, 3.8) is 0 Å². The highest BCUT2D eigenvalue weighted by molar-refractivity contribution is 6.42. The molecule has 1 atom stereocenters. The second-order valence-electron chi connectivity index (χ2n) is 6.72. The second-order valence-corrected chi connectivity index (χ2v) is 7.53. The molecule has 0 saturated heterocycles. The average Bonchev–Trinajstić information content (AvgIpc) is 2.97. The Morgan fingerprint density at radius 2 is 1.64 bits per heavy atom. The molecule has 0 aliphatic heterocycles. The molecule has 0 amide bonds. The fourth-order valence-electron chi connectivity index (χ4n) is 3.44. The van der Waals surface area contributed by atoms with Crippen LogP contribution in [-0.2, 0) is 13.1 Å². The Bertz CT molecular complexity index is 1130. The number of aromatic nitrogens is 2. The van der Waals surface area contributed by atoms with Crippen molar-refractivity contribution in [1.82, 2.24) is 4.57 Å². The van der Waals surface area contributed by atoms with Crippen molar-refractivity contribution in [2.45, 2.75) is 19.2 Å². The SMILES string of the molecule is Nc1n(CC(O)c2ccc(Cl)c(Cl)c2)c2ccccc2[n+]1Cc1ccccc1. The number of rotatable bonds is 5. The minimum absolute atomic E-state index is 0.312. The first-order valence-electron chi connectivity index (χ1n) is 8.98. The molecule has 3 N–H and O–H groups in total. The summed E-state index contributed by atoms with van der Waals surface area (Å²) < 4.78 is 4.00. The number of nitrogens with zero attached hydrogens (tertiary/aromatic N) is 2. The Morgan fingerprint density at radius 1 is 0.929 bits per heavy atom. The number of benzene rings is 3. The smallest absolute Gasteiger partial charge is 0.356 e. The largest absolute Gasteiger partial charge is 0.385 e. The molecule has 4 rings (SSSR count). The van der Waals surface area contributed by atoms with Gasteiger partial charge in [0.2, 0.25) is 0 Å². The maximum atomic E-state index is 10.8. The van der Waals surface area contributed by atoms with Gasteiger partial charge in [-0.2, -0.15) is 0 Å². The minimum Gasteiger partial charge on any atom is -0.385 e. The molecule has 0 saturated carbocycles. The summed E-state index contributed by atoms with van der Waals surface area (Å²) in [7, 11) is 0. The lowest BCUT2D eigenvalue weighted by Crippen LogP contribution is -2.37. The molecular weight excluding hydrogens is 393 g/mol. The van der Waals surface area contributed by atoms with Crippen LogP contribution >= 0.6 is 23.2 Å². The molecule has 1 heterocycles. The third kappa shape index (κ3) is 3.59. The number of nitrogen functional groups attached to an aromatic ring is 1. The first-order valence-corrected chi connectivity index (χ1v) is 9.73. The number of hydrogen-bond donors (Lipinski definition) is 2. The third-order valence-corrected chi connectivity index (χ3v) is 5.62. The van der Waals surface area contributed by atoms with Gasteiger partial charge in [0.05, 0.1) is 16.6 Å². The number of anilines is 1. The average molecular weight is 413 g/mol. The molecule has 1 aromatic heterocycles. The maximum absolute atomic E-state index is 10.8. The molecule has 3 aromatic carbocycles. The minimum atomic E-state index is -0.766. The van der Waals surface area contributed by atoms with E-state index in [0.29, 0.717) is 34.6 Å². The summed E-state index contributed by atoms with van der Waals surface area (Å²) in [6, 6.07) is 23.3. The molecule has 0 bridgehead atoms. The fourth-order valence-corrected chi connectivity index (χ4v) is 3.74. The summed E-state index contributed by atoms with van der Waals surface area (Å²) in [6.45, 7) is 0.967. The summed E-state index contributed by atoms with van der Waals surface area (Å²) in [6.07, 6.45) is -0.766. The van der Waals surface area contributed by atoms with Crippen molar-refractivity contribution >= 4 is 40.2 Å². The Morgan fingerprint density at radius 3 is 2.39 bits per heavy atom. The molecule has 142 valence electrons. The first kappa shape index (κ1) is 18.8. The molecule has 0 spiro atoms. The number of hydrogen-bond acceptors (Lipinski definition) is 2. The standard InChI is InChI=1S/C22H19Cl2N3O/c23-17-11-10-16(12-18(17)24)21(28)14-27-20-9-5-4-8-19(20)26(22(27)25)13-15-6-2-1-3-7-15/h1-12,21,25,28H,13-14H2/p+1. The van der Waals surface area contributed by atoms with Crippen molar-refractivity contribution in [3.8, 4) is 0 Å². The zero-order valence-corrected chi connectivity index (χ0v) is 16.6. The summed E-state index contributed by atoms with van der Waals surface area (Å²) in [5.74, 6) is 0.587. The van der Waals surface area contributed by atoms with Gasteiger partial charge in [0.15, 0.2) is 0 Å². The van der Waals surface area contributed by atoms with Crippen LogP contribution in [0.25, 0.3) is 11.0 Å². The molecule has 0 fully saturated rings. The van der Waals surface area contributed by atoms with Crippen molar-refractivity contribution in [1.29, 1.82) is 0 Å². The first-order chi connectivity index (χ1) is 13.5. The Labute approximate surface area is 173 Å². The van der Waals surface area contributed by atoms with Gasteiger partial charge in [0.1, 0.15) is 23.7 Å². The molecule has 0 radical (unpaired) electrons. The van der Waals surface area contributed by atoms with Gasteiger partial charge < -0.3 is 5.11 Å². The Balaban J connectivity index is 1.72. The molecule has 0 aliphatic carbocycles. The van der Waals surface area contributed by atoms with Crippen LogP contribution in [0.15, 0.2) is 72.8 Å². The van der Waals surface area contributed by atoms with Crippen molar-refractivity contribution in [3.05, 3.63) is 94.0 Å². The predicted molar refractivity (Wildman–Crippen MR) is 114 cm³/mol. The zero-order valence-electron chi connectivity index (χ0n) is 15.1. The number of halogens is 2. The van der Waals surface area contributed by atoms with E-state index in [1.54, 1.807) is 18.2 Å². The molecule has 4 nitrogen and oxygen atoms in total. The Hall–Kier alpha value is -2.53. The quantitative estimate of drug-likeness (QED) is 0.470. The lowest BCUT2D eigenvalue weighted by atomic mass is 10.1. The normalized spacial score (nSPS) is 12.4. The van der Waals surface area contributed by atoms with Gasteiger partial charge in [-0.1, -0.05) is 71.7 Å². The van der Waals surface area contributed by atoms with E-state index in [0.717, 1.165) is 16.6 Å². The van der Waals surface area contributed by atoms with Gasteiger partial charge in [-0.15, -0.1) is 0 Å². The lowest BCUT2D eigenvalue weighted by Gasteiger charge is -2.11. The molecule has 28 heavy (non-hydrogen) atoms. The predicted octanol–water partition coefficient (Wildman–Crippen LogP) is 4.60. The summed E-state index contributed by atoms with van der Waals surface area (Å²) in [5.41, 5.74) is 10.4. The van der Waals surface area contributed by atoms with Crippen LogP contribution < -0.4 is 10.3 Å². The van der Waals surface area contributed by atoms with Crippen LogP contribution in [0.3, 0.4) is 0 Å². The van der Waals surface area contributed by atoms with E-state index in [4.69, 9.17) is 28.9 Å². The van der Waals surface area contributed by atoms with Gasteiger partial charge in [0, 0.05) is 0 Å². The van der Waals surface area contributed by atoms with E-state index in [9.17, 15) is 5.11 Å². The number of aliphatic hydroxyl groups is 1. The van der Waals surface area contributed by atoms with E-state index < -0.39 is 6.10 Å². The van der Waals surface area contributed by atoms with Gasteiger partial charge >= 0.3 is 5.95 Å². The van der Waals surface area contributed by atoms with Gasteiger partial charge in [-0.05, 0) is 35.4 Å². The lowest BCUT2D eigenvalue weighted by molar-refractivity contribution is -0.648. The highest BCUT2D eigenvalue weighted by atomic mass is 35.5. The van der Waals surface area contributed by atoms with Gasteiger partial charge in [-0.25, -0.2) is 9.13 Å². The van der Waals surface area contributed by atoms with Gasteiger partial charge in [-0.3, -0.25) is 5.73 Å². The van der Waals surface area contributed by atoms with E-state index in [1.165, 1.54) is 0 Å². The van der Waals surface area contributed by atoms with Crippen molar-refractivity contribution < 1.29 is 9.67 Å².